The molecule has 4 heteroatoms. The summed E-state index contributed by atoms with van der Waals surface area (Å²) in [6.45, 7) is 5.48. The summed E-state index contributed by atoms with van der Waals surface area (Å²) in [4.78, 5) is 17.9. The van der Waals surface area contributed by atoms with Gasteiger partial charge in [0.2, 0.25) is 0 Å². The number of pyridine rings is 1. The first-order valence-corrected chi connectivity index (χ1v) is 6.90. The number of carboxylic acid groups (broad SMARTS) is 1. The van der Waals surface area contributed by atoms with E-state index in [-0.39, 0.29) is 5.92 Å². The molecule has 1 saturated heterocycles. The van der Waals surface area contributed by atoms with E-state index >= 15 is 0 Å². The van der Waals surface area contributed by atoms with Crippen molar-refractivity contribution in [1.29, 1.82) is 0 Å². The summed E-state index contributed by atoms with van der Waals surface area (Å²) in [7, 11) is 0. The Bertz CT molecular complexity index is 681. The second-order valence-electron chi connectivity index (χ2n) is 5.53. The standard InChI is InChI=1S/C16H18N2O2/c1-10-4-3-5-13-14(10)17-8-11(2)15(13)18-7-6-12(9-18)16(19)20/h3-5,8,12H,6-7,9H2,1-2H3,(H,19,20). The van der Waals surface area contributed by atoms with E-state index in [2.05, 4.69) is 28.9 Å². The Morgan fingerprint density at radius 1 is 1.35 bits per heavy atom. The smallest absolute Gasteiger partial charge is 0.308 e. The number of aryl methyl sites for hydroxylation is 2. The Labute approximate surface area is 118 Å². The molecule has 1 fully saturated rings. The fourth-order valence-electron chi connectivity index (χ4n) is 3.04. The maximum Gasteiger partial charge on any atom is 0.308 e. The van der Waals surface area contributed by atoms with Crippen molar-refractivity contribution in [3.8, 4) is 0 Å². The minimum absolute atomic E-state index is 0.262. The van der Waals surface area contributed by atoms with Gasteiger partial charge in [-0.2, -0.15) is 0 Å². The van der Waals surface area contributed by atoms with Crippen LogP contribution in [-0.4, -0.2) is 29.1 Å². The highest BCUT2D eigenvalue weighted by Crippen LogP contribution is 2.33. The van der Waals surface area contributed by atoms with Crippen LogP contribution in [0.3, 0.4) is 0 Å². The molecule has 0 saturated carbocycles. The van der Waals surface area contributed by atoms with E-state index in [0.717, 1.165) is 34.3 Å². The summed E-state index contributed by atoms with van der Waals surface area (Å²) in [5.74, 6) is -0.956. The summed E-state index contributed by atoms with van der Waals surface area (Å²) in [6, 6.07) is 6.16. The molecule has 3 rings (SSSR count). The fourth-order valence-corrected chi connectivity index (χ4v) is 3.04. The number of fused-ring (bicyclic) bond motifs is 1. The molecule has 1 atom stereocenters. The van der Waals surface area contributed by atoms with E-state index < -0.39 is 5.97 Å². The minimum Gasteiger partial charge on any atom is -0.481 e. The maximum atomic E-state index is 11.1. The van der Waals surface area contributed by atoms with Gasteiger partial charge in [0, 0.05) is 24.7 Å². The third-order valence-electron chi connectivity index (χ3n) is 4.11. The molecule has 1 aromatic carbocycles. The van der Waals surface area contributed by atoms with Crippen molar-refractivity contribution < 1.29 is 9.90 Å². The molecule has 20 heavy (non-hydrogen) atoms. The van der Waals surface area contributed by atoms with Gasteiger partial charge in [-0.3, -0.25) is 9.78 Å². The van der Waals surface area contributed by atoms with Crippen LogP contribution in [0.1, 0.15) is 17.5 Å². The normalized spacial score (nSPS) is 18.7. The second-order valence-corrected chi connectivity index (χ2v) is 5.53. The van der Waals surface area contributed by atoms with Crippen LogP contribution < -0.4 is 4.90 Å². The average molecular weight is 270 g/mol. The number of benzene rings is 1. The van der Waals surface area contributed by atoms with Gasteiger partial charge in [0.25, 0.3) is 0 Å². The average Bonchev–Trinajstić information content (AvgIpc) is 2.88. The lowest BCUT2D eigenvalue weighted by Crippen LogP contribution is -2.23. The highest BCUT2D eigenvalue weighted by molar-refractivity contribution is 5.95. The molecule has 1 N–H and O–H groups in total. The number of anilines is 1. The molecule has 0 amide bonds. The van der Waals surface area contributed by atoms with Crippen LogP contribution in [0.2, 0.25) is 0 Å². The second kappa shape index (κ2) is 4.78. The van der Waals surface area contributed by atoms with E-state index in [1.54, 1.807) is 0 Å². The minimum atomic E-state index is -0.695. The number of hydrogen-bond acceptors (Lipinski definition) is 3. The van der Waals surface area contributed by atoms with Crippen LogP contribution in [0, 0.1) is 19.8 Å². The van der Waals surface area contributed by atoms with Gasteiger partial charge >= 0.3 is 5.97 Å². The van der Waals surface area contributed by atoms with Crippen molar-refractivity contribution in [2.45, 2.75) is 20.3 Å². The molecule has 1 aliphatic heterocycles. The van der Waals surface area contributed by atoms with Crippen molar-refractivity contribution >= 4 is 22.6 Å². The molecule has 1 unspecified atom stereocenters. The molecule has 0 radical (unpaired) electrons. The Balaban J connectivity index is 2.10. The summed E-state index contributed by atoms with van der Waals surface area (Å²) in [5, 5.41) is 10.3. The number of aromatic nitrogens is 1. The number of para-hydroxylation sites is 1. The summed E-state index contributed by atoms with van der Waals surface area (Å²) in [5.41, 5.74) is 4.40. The van der Waals surface area contributed by atoms with E-state index in [4.69, 9.17) is 5.11 Å². The van der Waals surface area contributed by atoms with Crippen molar-refractivity contribution in [2.24, 2.45) is 5.92 Å². The Morgan fingerprint density at radius 2 is 2.15 bits per heavy atom. The van der Waals surface area contributed by atoms with Gasteiger partial charge in [0.1, 0.15) is 0 Å². The molecular weight excluding hydrogens is 252 g/mol. The number of nitrogens with zero attached hydrogens (tertiary/aromatic N) is 2. The maximum absolute atomic E-state index is 11.1. The zero-order valence-corrected chi connectivity index (χ0v) is 11.8. The fraction of sp³-hybridized carbons (Fsp3) is 0.375. The van der Waals surface area contributed by atoms with Crippen LogP contribution in [0.25, 0.3) is 10.9 Å². The molecule has 2 aromatic rings. The number of carboxylic acids is 1. The Hall–Kier alpha value is -2.10. The van der Waals surface area contributed by atoms with Gasteiger partial charge in [-0.05, 0) is 31.4 Å². The molecule has 0 spiro atoms. The van der Waals surface area contributed by atoms with Crippen molar-refractivity contribution in [3.63, 3.8) is 0 Å². The number of rotatable bonds is 2. The van der Waals surface area contributed by atoms with Crippen LogP contribution in [0.4, 0.5) is 5.69 Å². The van der Waals surface area contributed by atoms with E-state index in [1.165, 1.54) is 0 Å². The quantitative estimate of drug-likeness (QED) is 0.911. The first-order valence-electron chi connectivity index (χ1n) is 6.90. The van der Waals surface area contributed by atoms with Gasteiger partial charge in [-0.15, -0.1) is 0 Å². The predicted molar refractivity (Wildman–Crippen MR) is 79.2 cm³/mol. The van der Waals surface area contributed by atoms with Gasteiger partial charge in [-0.1, -0.05) is 18.2 Å². The van der Waals surface area contributed by atoms with Gasteiger partial charge < -0.3 is 10.0 Å². The SMILES string of the molecule is Cc1cnc2c(C)cccc2c1N1CCC(C(=O)O)C1. The topological polar surface area (TPSA) is 53.4 Å². The van der Waals surface area contributed by atoms with Gasteiger partial charge in [0.05, 0.1) is 17.1 Å². The molecule has 0 aliphatic carbocycles. The van der Waals surface area contributed by atoms with Crippen molar-refractivity contribution in [1.82, 2.24) is 4.98 Å². The largest absolute Gasteiger partial charge is 0.481 e. The van der Waals surface area contributed by atoms with Crippen LogP contribution in [-0.2, 0) is 4.79 Å². The molecular formula is C16H18N2O2. The first-order chi connectivity index (χ1) is 9.58. The van der Waals surface area contributed by atoms with Crippen LogP contribution in [0.5, 0.6) is 0 Å². The van der Waals surface area contributed by atoms with Crippen LogP contribution in [0.15, 0.2) is 24.4 Å². The molecule has 104 valence electrons. The summed E-state index contributed by atoms with van der Waals surface area (Å²) < 4.78 is 0. The predicted octanol–water partition coefficient (Wildman–Crippen LogP) is 2.76. The highest BCUT2D eigenvalue weighted by atomic mass is 16.4. The zero-order chi connectivity index (χ0) is 14.3. The molecule has 2 heterocycles. The van der Waals surface area contributed by atoms with E-state index in [1.807, 2.05) is 19.2 Å². The van der Waals surface area contributed by atoms with E-state index in [0.29, 0.717) is 13.0 Å². The first kappa shape index (κ1) is 12.9. The monoisotopic (exact) mass is 270 g/mol. The summed E-state index contributed by atoms with van der Waals surface area (Å²) >= 11 is 0. The lowest BCUT2D eigenvalue weighted by atomic mass is 10.1. The summed E-state index contributed by atoms with van der Waals surface area (Å²) in [6.07, 6.45) is 2.60. The third-order valence-corrected chi connectivity index (χ3v) is 4.11. The molecule has 1 aromatic heterocycles. The number of aliphatic carboxylic acids is 1. The Morgan fingerprint density at radius 3 is 2.85 bits per heavy atom. The highest BCUT2D eigenvalue weighted by Gasteiger charge is 2.29. The molecule has 4 nitrogen and oxygen atoms in total. The van der Waals surface area contributed by atoms with Crippen molar-refractivity contribution in [2.75, 3.05) is 18.0 Å². The zero-order valence-electron chi connectivity index (χ0n) is 11.8. The Kier molecular flexibility index (Phi) is 3.08. The molecule has 0 bridgehead atoms. The lowest BCUT2D eigenvalue weighted by Gasteiger charge is -2.22. The molecule has 1 aliphatic rings. The number of carbonyl (C=O) groups is 1. The third kappa shape index (κ3) is 2.01. The lowest BCUT2D eigenvalue weighted by molar-refractivity contribution is -0.140. The van der Waals surface area contributed by atoms with Gasteiger partial charge in [0.15, 0.2) is 0 Å². The van der Waals surface area contributed by atoms with E-state index in [9.17, 15) is 4.79 Å². The van der Waals surface area contributed by atoms with Crippen LogP contribution >= 0.6 is 0 Å². The number of hydrogen-bond donors (Lipinski definition) is 1. The van der Waals surface area contributed by atoms with Gasteiger partial charge in [-0.25, -0.2) is 0 Å². The van der Waals surface area contributed by atoms with Crippen molar-refractivity contribution in [3.05, 3.63) is 35.5 Å².